The highest BCUT2D eigenvalue weighted by atomic mass is 16.5. The summed E-state index contributed by atoms with van der Waals surface area (Å²) in [6.07, 6.45) is 6.02. The Morgan fingerprint density at radius 2 is 2.15 bits per heavy atom. The fourth-order valence-electron chi connectivity index (χ4n) is 2.71. The summed E-state index contributed by atoms with van der Waals surface area (Å²) in [5.41, 5.74) is 0.696. The van der Waals surface area contributed by atoms with Gasteiger partial charge in [-0.15, -0.1) is 0 Å². The Balaban J connectivity index is 1.60. The minimum atomic E-state index is -0.510. The average Bonchev–Trinajstić information content (AvgIpc) is 3.18. The molecule has 1 saturated heterocycles. The zero-order valence-corrected chi connectivity index (χ0v) is 11.4. The maximum absolute atomic E-state index is 12.2. The fourth-order valence-corrected chi connectivity index (χ4v) is 2.71. The van der Waals surface area contributed by atoms with Gasteiger partial charge in [-0.05, 0) is 37.0 Å². The molecule has 5 heteroatoms. The Labute approximate surface area is 118 Å². The van der Waals surface area contributed by atoms with Gasteiger partial charge in [-0.1, -0.05) is 0 Å². The zero-order chi connectivity index (χ0) is 14.0. The van der Waals surface area contributed by atoms with E-state index < -0.39 is 5.41 Å². The lowest BCUT2D eigenvalue weighted by atomic mass is 9.94. The molecular formula is C15H20N2O3. The van der Waals surface area contributed by atoms with Gasteiger partial charge in [0.1, 0.15) is 0 Å². The van der Waals surface area contributed by atoms with Crippen LogP contribution in [0.2, 0.25) is 0 Å². The lowest BCUT2D eigenvalue weighted by Gasteiger charge is -2.21. The van der Waals surface area contributed by atoms with Gasteiger partial charge in [0.2, 0.25) is 5.91 Å². The molecule has 20 heavy (non-hydrogen) atoms. The highest BCUT2D eigenvalue weighted by Gasteiger charge is 2.50. The van der Waals surface area contributed by atoms with Crippen LogP contribution in [0.5, 0.6) is 0 Å². The van der Waals surface area contributed by atoms with Crippen LogP contribution in [0.1, 0.15) is 18.4 Å². The second kappa shape index (κ2) is 5.50. The van der Waals surface area contributed by atoms with E-state index in [0.717, 1.165) is 19.3 Å². The molecule has 5 nitrogen and oxygen atoms in total. The van der Waals surface area contributed by atoms with Crippen LogP contribution in [0.25, 0.3) is 0 Å². The summed E-state index contributed by atoms with van der Waals surface area (Å²) in [5.74, 6) is 0.270. The molecule has 3 rings (SSSR count). The number of rotatable bonds is 5. The van der Waals surface area contributed by atoms with E-state index in [0.29, 0.717) is 13.2 Å². The van der Waals surface area contributed by atoms with Crippen molar-refractivity contribution in [3.8, 4) is 0 Å². The molecule has 1 aromatic rings. The Hall–Kier alpha value is -1.46. The van der Waals surface area contributed by atoms with E-state index in [1.165, 1.54) is 5.56 Å². The first kappa shape index (κ1) is 13.5. The Bertz CT molecular complexity index is 473. The number of carbonyl (C=O) groups excluding carboxylic acids is 1. The summed E-state index contributed by atoms with van der Waals surface area (Å²) >= 11 is 0. The molecule has 0 bridgehead atoms. The number of nitrogens with one attached hydrogen (secondary N) is 1. The molecule has 0 aromatic carbocycles. The molecule has 2 fully saturated rings. The maximum Gasteiger partial charge on any atom is 0.228 e. The van der Waals surface area contributed by atoms with E-state index in [-0.39, 0.29) is 24.5 Å². The van der Waals surface area contributed by atoms with Crippen LogP contribution in [-0.2, 0) is 16.0 Å². The lowest BCUT2D eigenvalue weighted by Crippen LogP contribution is -2.45. The second-order valence-electron chi connectivity index (χ2n) is 5.88. The maximum atomic E-state index is 12.2. The van der Waals surface area contributed by atoms with E-state index >= 15 is 0 Å². The number of pyridine rings is 1. The number of aliphatic hydroxyl groups excluding tert-OH is 1. The third kappa shape index (κ3) is 2.69. The molecule has 2 aliphatic rings. The Morgan fingerprint density at radius 1 is 1.40 bits per heavy atom. The van der Waals surface area contributed by atoms with Crippen molar-refractivity contribution in [2.24, 2.45) is 11.3 Å². The highest BCUT2D eigenvalue weighted by Crippen LogP contribution is 2.45. The molecule has 2 heterocycles. The van der Waals surface area contributed by atoms with Gasteiger partial charge in [-0.25, -0.2) is 0 Å². The normalized spacial score (nSPS) is 27.2. The van der Waals surface area contributed by atoms with Gasteiger partial charge in [0.25, 0.3) is 0 Å². The van der Waals surface area contributed by atoms with E-state index in [4.69, 9.17) is 4.74 Å². The van der Waals surface area contributed by atoms with Gasteiger partial charge < -0.3 is 15.2 Å². The smallest absolute Gasteiger partial charge is 0.228 e. The third-order valence-corrected chi connectivity index (χ3v) is 4.40. The Kier molecular flexibility index (Phi) is 3.72. The number of aromatic nitrogens is 1. The minimum absolute atomic E-state index is 0.0183. The van der Waals surface area contributed by atoms with E-state index in [9.17, 15) is 9.90 Å². The van der Waals surface area contributed by atoms with Crippen LogP contribution in [0.3, 0.4) is 0 Å². The molecule has 1 amide bonds. The van der Waals surface area contributed by atoms with E-state index in [1.54, 1.807) is 12.4 Å². The second-order valence-corrected chi connectivity index (χ2v) is 5.88. The van der Waals surface area contributed by atoms with Gasteiger partial charge in [-0.2, -0.15) is 0 Å². The monoisotopic (exact) mass is 276 g/mol. The van der Waals surface area contributed by atoms with E-state index in [2.05, 4.69) is 10.3 Å². The standard InChI is InChI=1S/C15H20N2O3/c18-10-15(3-4-15)14(19)17-13-9-20-8-12(13)7-11-1-5-16-6-2-11/h1-2,5-6,12-13,18H,3-4,7-10H2,(H,17,19)/t12-,13-/m1/s1. The SMILES string of the molecule is O=C(N[C@@H]1COC[C@H]1Cc1ccncc1)C1(CO)CC1. The summed E-state index contributed by atoms with van der Waals surface area (Å²) in [4.78, 5) is 16.2. The van der Waals surface area contributed by atoms with Crippen LogP contribution in [0.4, 0.5) is 0 Å². The van der Waals surface area contributed by atoms with Gasteiger partial charge >= 0.3 is 0 Å². The summed E-state index contributed by atoms with van der Waals surface area (Å²) in [5, 5.41) is 12.4. The summed E-state index contributed by atoms with van der Waals surface area (Å²) in [6, 6.07) is 4.03. The fraction of sp³-hybridized carbons (Fsp3) is 0.600. The van der Waals surface area contributed by atoms with Gasteiger partial charge in [0, 0.05) is 18.3 Å². The summed E-state index contributed by atoms with van der Waals surface area (Å²) in [6.45, 7) is 1.17. The number of hydrogen-bond acceptors (Lipinski definition) is 4. The predicted octanol–water partition coefficient (Wildman–Crippen LogP) is 0.528. The summed E-state index contributed by atoms with van der Waals surface area (Å²) < 4.78 is 5.52. The van der Waals surface area contributed by atoms with E-state index in [1.807, 2.05) is 12.1 Å². The van der Waals surface area contributed by atoms with Crippen LogP contribution in [0.15, 0.2) is 24.5 Å². The lowest BCUT2D eigenvalue weighted by molar-refractivity contribution is -0.128. The Morgan fingerprint density at radius 3 is 2.80 bits per heavy atom. The molecule has 0 spiro atoms. The number of amides is 1. The molecule has 1 aromatic heterocycles. The number of carbonyl (C=O) groups is 1. The van der Waals surface area contributed by atoms with Crippen LogP contribution >= 0.6 is 0 Å². The molecule has 0 radical (unpaired) electrons. The minimum Gasteiger partial charge on any atom is -0.395 e. The molecule has 1 aliphatic carbocycles. The first-order chi connectivity index (χ1) is 9.73. The highest BCUT2D eigenvalue weighted by molar-refractivity contribution is 5.85. The molecule has 2 atom stereocenters. The van der Waals surface area contributed by atoms with Gasteiger partial charge in [-0.3, -0.25) is 9.78 Å². The van der Waals surface area contributed by atoms with Crippen LogP contribution in [-0.4, -0.2) is 41.9 Å². The third-order valence-electron chi connectivity index (χ3n) is 4.40. The van der Waals surface area contributed by atoms with Crippen LogP contribution < -0.4 is 5.32 Å². The summed E-state index contributed by atoms with van der Waals surface area (Å²) in [7, 11) is 0. The van der Waals surface area contributed by atoms with Crippen molar-refractivity contribution in [3.05, 3.63) is 30.1 Å². The molecule has 0 unspecified atom stereocenters. The number of hydrogen-bond donors (Lipinski definition) is 2. The molecular weight excluding hydrogens is 256 g/mol. The number of ether oxygens (including phenoxy) is 1. The van der Waals surface area contributed by atoms with Crippen molar-refractivity contribution >= 4 is 5.91 Å². The number of nitrogens with zero attached hydrogens (tertiary/aromatic N) is 1. The first-order valence-corrected chi connectivity index (χ1v) is 7.12. The predicted molar refractivity (Wildman–Crippen MR) is 72.9 cm³/mol. The molecule has 1 aliphatic heterocycles. The number of aliphatic hydroxyl groups is 1. The van der Waals surface area contributed by atoms with Crippen LogP contribution in [0, 0.1) is 11.3 Å². The average molecular weight is 276 g/mol. The van der Waals surface area contributed by atoms with Gasteiger partial charge in [0.05, 0.1) is 31.3 Å². The molecule has 108 valence electrons. The zero-order valence-electron chi connectivity index (χ0n) is 11.4. The quantitative estimate of drug-likeness (QED) is 0.823. The van der Waals surface area contributed by atoms with Crippen molar-refractivity contribution < 1.29 is 14.6 Å². The largest absolute Gasteiger partial charge is 0.395 e. The topological polar surface area (TPSA) is 71.5 Å². The van der Waals surface area contributed by atoms with Gasteiger partial charge in [0.15, 0.2) is 0 Å². The van der Waals surface area contributed by atoms with Crippen molar-refractivity contribution in [1.82, 2.24) is 10.3 Å². The van der Waals surface area contributed by atoms with Crippen molar-refractivity contribution in [2.45, 2.75) is 25.3 Å². The molecule has 2 N–H and O–H groups in total. The first-order valence-electron chi connectivity index (χ1n) is 7.12. The van der Waals surface area contributed by atoms with Crippen molar-refractivity contribution in [3.63, 3.8) is 0 Å². The van der Waals surface area contributed by atoms with Crippen molar-refractivity contribution in [1.29, 1.82) is 0 Å². The molecule has 1 saturated carbocycles. The van der Waals surface area contributed by atoms with Crippen molar-refractivity contribution in [2.75, 3.05) is 19.8 Å².